The maximum absolute atomic E-state index is 12.1. The molecule has 1 amide bonds. The Bertz CT molecular complexity index is 663. The number of amides is 1. The Balaban J connectivity index is 1.93. The van der Waals surface area contributed by atoms with Crippen LogP contribution in [-0.4, -0.2) is 30.0 Å². The number of aromatic nitrogens is 1. The molecular weight excluding hydrogens is 280 g/mol. The Morgan fingerprint density at radius 2 is 2.00 bits per heavy atom. The molecule has 0 saturated heterocycles. The molecule has 0 aliphatic rings. The molecule has 5 nitrogen and oxygen atoms in total. The topological polar surface area (TPSA) is 68.3 Å². The molecule has 2 rings (SSSR count). The van der Waals surface area contributed by atoms with Crippen LogP contribution >= 0.6 is 0 Å². The second kappa shape index (κ2) is 7.54. The van der Waals surface area contributed by atoms with E-state index in [1.54, 1.807) is 6.20 Å². The number of pyridine rings is 1. The minimum absolute atomic E-state index is 0.230. The molecule has 5 heteroatoms. The minimum Gasteiger partial charge on any atom is -0.451 e. The summed E-state index contributed by atoms with van der Waals surface area (Å²) in [6.07, 6.45) is 2.45. The van der Waals surface area contributed by atoms with Gasteiger partial charge in [0.1, 0.15) is 0 Å². The predicted octanol–water partition coefficient (Wildman–Crippen LogP) is 2.55. The van der Waals surface area contributed by atoms with E-state index in [1.165, 1.54) is 0 Å². The quantitative estimate of drug-likeness (QED) is 0.832. The van der Waals surface area contributed by atoms with E-state index in [0.29, 0.717) is 12.5 Å². The van der Waals surface area contributed by atoms with E-state index in [2.05, 4.69) is 24.1 Å². The average molecular weight is 300 g/mol. The van der Waals surface area contributed by atoms with Gasteiger partial charge in [0.05, 0.1) is 0 Å². The number of nitrogens with zero attached hydrogens (tertiary/aromatic N) is 1. The molecular formula is C17H20N2O3. The second-order valence-electron chi connectivity index (χ2n) is 5.49. The Kier molecular flexibility index (Phi) is 5.47. The monoisotopic (exact) mass is 300 g/mol. The average Bonchev–Trinajstić information content (AvgIpc) is 2.51. The zero-order valence-corrected chi connectivity index (χ0v) is 12.8. The largest absolute Gasteiger partial charge is 0.451 e. The van der Waals surface area contributed by atoms with Gasteiger partial charge in [0, 0.05) is 18.1 Å². The first-order chi connectivity index (χ1) is 10.6. The molecule has 0 unspecified atom stereocenters. The van der Waals surface area contributed by atoms with Crippen molar-refractivity contribution < 1.29 is 14.3 Å². The molecule has 0 saturated carbocycles. The van der Waals surface area contributed by atoms with Crippen molar-refractivity contribution in [1.29, 1.82) is 0 Å². The molecule has 0 aliphatic heterocycles. The van der Waals surface area contributed by atoms with Crippen molar-refractivity contribution in [3.63, 3.8) is 0 Å². The summed E-state index contributed by atoms with van der Waals surface area (Å²) in [7, 11) is 0. The van der Waals surface area contributed by atoms with Gasteiger partial charge in [-0.1, -0.05) is 38.1 Å². The normalized spacial score (nSPS) is 10.7. The van der Waals surface area contributed by atoms with Crippen LogP contribution in [-0.2, 0) is 9.53 Å². The van der Waals surface area contributed by atoms with E-state index in [1.807, 2.05) is 30.3 Å². The summed E-state index contributed by atoms with van der Waals surface area (Å²) in [5, 5.41) is 4.35. The van der Waals surface area contributed by atoms with Crippen molar-refractivity contribution >= 4 is 22.6 Å². The summed E-state index contributed by atoms with van der Waals surface area (Å²) in [6.45, 7) is 4.46. The summed E-state index contributed by atoms with van der Waals surface area (Å²) >= 11 is 0. The molecule has 0 atom stereocenters. The standard InChI is InChI=1S/C17H20N2O3/c1-12(2)7-9-18-15(20)11-22-17(21)16-14-6-4-3-5-13(14)8-10-19-16/h3-6,8,10,12H,7,9,11H2,1-2H3,(H,18,20). The summed E-state index contributed by atoms with van der Waals surface area (Å²) in [4.78, 5) is 27.8. The first kappa shape index (κ1) is 15.9. The van der Waals surface area contributed by atoms with Gasteiger partial charge in [0.15, 0.2) is 12.3 Å². The van der Waals surface area contributed by atoms with E-state index < -0.39 is 5.97 Å². The molecule has 1 aromatic carbocycles. The van der Waals surface area contributed by atoms with Gasteiger partial charge in [0.25, 0.3) is 5.91 Å². The van der Waals surface area contributed by atoms with Gasteiger partial charge in [-0.25, -0.2) is 9.78 Å². The molecule has 1 heterocycles. The summed E-state index contributed by atoms with van der Waals surface area (Å²) in [6, 6.07) is 9.25. The van der Waals surface area contributed by atoms with E-state index in [-0.39, 0.29) is 18.2 Å². The number of rotatable bonds is 6. The number of hydrogen-bond donors (Lipinski definition) is 1. The van der Waals surface area contributed by atoms with Gasteiger partial charge >= 0.3 is 5.97 Å². The maximum atomic E-state index is 12.1. The van der Waals surface area contributed by atoms with Gasteiger partial charge in [-0.3, -0.25) is 4.79 Å². The summed E-state index contributed by atoms with van der Waals surface area (Å²) < 4.78 is 5.04. The first-order valence-corrected chi connectivity index (χ1v) is 7.35. The van der Waals surface area contributed by atoms with Gasteiger partial charge in [-0.05, 0) is 23.8 Å². The second-order valence-corrected chi connectivity index (χ2v) is 5.49. The van der Waals surface area contributed by atoms with E-state index in [4.69, 9.17) is 4.74 Å². The highest BCUT2D eigenvalue weighted by atomic mass is 16.5. The van der Waals surface area contributed by atoms with Gasteiger partial charge in [-0.15, -0.1) is 0 Å². The molecule has 116 valence electrons. The number of fused-ring (bicyclic) bond motifs is 1. The lowest BCUT2D eigenvalue weighted by Gasteiger charge is -2.08. The van der Waals surface area contributed by atoms with Crippen molar-refractivity contribution in [3.05, 3.63) is 42.2 Å². The van der Waals surface area contributed by atoms with Crippen LogP contribution in [0.4, 0.5) is 0 Å². The number of hydrogen-bond acceptors (Lipinski definition) is 4. The third kappa shape index (κ3) is 4.28. The molecule has 0 fully saturated rings. The molecule has 0 aliphatic carbocycles. The Labute approximate surface area is 129 Å². The number of carbonyl (C=O) groups is 2. The van der Waals surface area contributed by atoms with Crippen molar-refractivity contribution in [1.82, 2.24) is 10.3 Å². The number of carbonyl (C=O) groups excluding carboxylic acids is 2. The van der Waals surface area contributed by atoms with E-state index in [9.17, 15) is 9.59 Å². The van der Waals surface area contributed by atoms with Crippen LogP contribution in [0.15, 0.2) is 36.5 Å². The van der Waals surface area contributed by atoms with E-state index >= 15 is 0 Å². The van der Waals surface area contributed by atoms with E-state index in [0.717, 1.165) is 17.2 Å². The van der Waals surface area contributed by atoms with Crippen molar-refractivity contribution in [2.45, 2.75) is 20.3 Å². The molecule has 22 heavy (non-hydrogen) atoms. The van der Waals surface area contributed by atoms with Crippen LogP contribution in [0.3, 0.4) is 0 Å². The van der Waals surface area contributed by atoms with Crippen LogP contribution in [0.1, 0.15) is 30.8 Å². The molecule has 2 aromatic rings. The SMILES string of the molecule is CC(C)CCNC(=O)COC(=O)c1nccc2ccccc12. The number of ether oxygens (including phenoxy) is 1. The predicted molar refractivity (Wildman–Crippen MR) is 84.5 cm³/mol. The van der Waals surface area contributed by atoms with Crippen LogP contribution in [0.25, 0.3) is 10.8 Å². The molecule has 1 aromatic heterocycles. The van der Waals surface area contributed by atoms with Crippen LogP contribution in [0, 0.1) is 5.92 Å². The van der Waals surface area contributed by atoms with Gasteiger partial charge < -0.3 is 10.1 Å². The number of nitrogens with one attached hydrogen (secondary N) is 1. The fraction of sp³-hybridized carbons (Fsp3) is 0.353. The number of benzene rings is 1. The molecule has 1 N–H and O–H groups in total. The van der Waals surface area contributed by atoms with Crippen LogP contribution in [0.5, 0.6) is 0 Å². The van der Waals surface area contributed by atoms with Crippen molar-refractivity contribution in [3.8, 4) is 0 Å². The Hall–Kier alpha value is -2.43. The highest BCUT2D eigenvalue weighted by Crippen LogP contribution is 2.16. The van der Waals surface area contributed by atoms with Gasteiger partial charge in [-0.2, -0.15) is 0 Å². The molecule has 0 spiro atoms. The lowest BCUT2D eigenvalue weighted by molar-refractivity contribution is -0.124. The fourth-order valence-electron chi connectivity index (χ4n) is 2.03. The molecule has 0 radical (unpaired) electrons. The maximum Gasteiger partial charge on any atom is 0.358 e. The smallest absolute Gasteiger partial charge is 0.358 e. The third-order valence-corrected chi connectivity index (χ3v) is 3.25. The minimum atomic E-state index is -0.587. The molecule has 0 bridgehead atoms. The Morgan fingerprint density at radius 1 is 1.23 bits per heavy atom. The highest BCUT2D eigenvalue weighted by molar-refractivity contribution is 6.02. The van der Waals surface area contributed by atoms with Crippen molar-refractivity contribution in [2.24, 2.45) is 5.92 Å². The lowest BCUT2D eigenvalue weighted by atomic mass is 10.1. The van der Waals surface area contributed by atoms with Gasteiger partial charge in [0.2, 0.25) is 0 Å². The summed E-state index contributed by atoms with van der Waals surface area (Å²) in [5.41, 5.74) is 0.230. The highest BCUT2D eigenvalue weighted by Gasteiger charge is 2.14. The Morgan fingerprint density at radius 3 is 2.77 bits per heavy atom. The number of esters is 1. The summed E-state index contributed by atoms with van der Waals surface area (Å²) in [5.74, 6) is -0.368. The zero-order chi connectivity index (χ0) is 15.9. The first-order valence-electron chi connectivity index (χ1n) is 7.35. The van der Waals surface area contributed by atoms with Crippen LogP contribution in [0.2, 0.25) is 0 Å². The van der Waals surface area contributed by atoms with Crippen LogP contribution < -0.4 is 5.32 Å². The third-order valence-electron chi connectivity index (χ3n) is 3.25. The fourth-order valence-corrected chi connectivity index (χ4v) is 2.03. The van der Waals surface area contributed by atoms with Crippen molar-refractivity contribution in [2.75, 3.05) is 13.2 Å². The lowest BCUT2D eigenvalue weighted by Crippen LogP contribution is -2.30. The zero-order valence-electron chi connectivity index (χ0n) is 12.8.